The van der Waals surface area contributed by atoms with E-state index in [2.05, 4.69) is 47.6 Å². The van der Waals surface area contributed by atoms with E-state index in [0.717, 1.165) is 35.6 Å². The molecule has 1 aromatic rings. The molecule has 5 heteroatoms. The maximum Gasteiger partial charge on any atom is 0.472 e. The van der Waals surface area contributed by atoms with Crippen molar-refractivity contribution in [2.24, 2.45) is 4.99 Å². The molecule has 22 heavy (non-hydrogen) atoms. The number of allylic oxidation sites excluding steroid dienone is 2. The topological polar surface area (TPSA) is 17.3 Å². The van der Waals surface area contributed by atoms with Gasteiger partial charge in [-0.25, -0.2) is 0 Å². The Morgan fingerprint density at radius 1 is 1.09 bits per heavy atom. The predicted molar refractivity (Wildman–Crippen MR) is 100 cm³/mol. The van der Waals surface area contributed by atoms with Gasteiger partial charge in [0.25, 0.3) is 0 Å². The first-order valence-electron chi connectivity index (χ1n) is 7.79. The molecule has 0 amide bonds. The van der Waals surface area contributed by atoms with Gasteiger partial charge in [0, 0.05) is 17.1 Å². The van der Waals surface area contributed by atoms with Crippen LogP contribution < -0.4 is 0 Å². The van der Waals surface area contributed by atoms with Gasteiger partial charge in [-0.2, -0.15) is 0 Å². The monoisotopic (exact) mass is 336 g/mol. The Labute approximate surface area is 143 Å². The number of hydrogen-bond acceptors (Lipinski definition) is 1. The Bertz CT molecular complexity index is 694. The van der Waals surface area contributed by atoms with Crippen molar-refractivity contribution in [3.05, 3.63) is 39.4 Å². The third-order valence-electron chi connectivity index (χ3n) is 4.63. The van der Waals surface area contributed by atoms with Gasteiger partial charge in [-0.3, -0.25) is 4.99 Å². The maximum absolute atomic E-state index is 6.21. The normalized spacial score (nSPS) is 16.7. The molecule has 2 heterocycles. The van der Waals surface area contributed by atoms with Crippen LogP contribution in [0.5, 0.6) is 0 Å². The van der Waals surface area contributed by atoms with Crippen LogP contribution in [0.1, 0.15) is 56.6 Å². The second-order valence-electron chi connectivity index (χ2n) is 5.76. The van der Waals surface area contributed by atoms with Crippen LogP contribution in [0.4, 0.5) is 0 Å². The van der Waals surface area contributed by atoms with E-state index >= 15 is 0 Å². The summed E-state index contributed by atoms with van der Waals surface area (Å²) in [6.07, 6.45) is 4.10. The van der Waals surface area contributed by atoms with Gasteiger partial charge in [-0.05, 0) is 68.9 Å². The molecule has 0 fully saturated rings. The minimum Gasteiger partial charge on any atom is -0.361 e. The van der Waals surface area contributed by atoms with Crippen molar-refractivity contribution < 1.29 is 0 Å². The standard InChI is InChI=1S/C17H23BCl2N2/c1-7-14-10(3)16(21-12(14)5)9-17-11(4)15(8-2)13(6)22(17)18(19)20/h9H,7-8H2,1-6H3/b16-9-. The van der Waals surface area contributed by atoms with E-state index in [0.29, 0.717) is 0 Å². The van der Waals surface area contributed by atoms with Crippen LogP contribution in [0, 0.1) is 13.8 Å². The SMILES string of the molecule is CCC1=C(C)/C(=C/c2c(C)c(CC)c(C)n2B(Cl)Cl)N=C1C. The second-order valence-corrected chi connectivity index (χ2v) is 6.81. The summed E-state index contributed by atoms with van der Waals surface area (Å²) in [5.74, 6) is 0. The predicted octanol–water partition coefficient (Wildman–Crippen LogP) is 5.52. The van der Waals surface area contributed by atoms with Crippen LogP contribution in [0.2, 0.25) is 0 Å². The van der Waals surface area contributed by atoms with Crippen molar-refractivity contribution in [2.45, 2.75) is 54.4 Å². The van der Waals surface area contributed by atoms with E-state index in [1.54, 1.807) is 0 Å². The lowest BCUT2D eigenvalue weighted by atomic mass is 10.0. The summed E-state index contributed by atoms with van der Waals surface area (Å²) < 4.78 is 1.99. The van der Waals surface area contributed by atoms with E-state index in [1.807, 2.05) is 4.48 Å². The van der Waals surface area contributed by atoms with Gasteiger partial charge in [0.15, 0.2) is 0 Å². The molecule has 0 unspecified atom stereocenters. The summed E-state index contributed by atoms with van der Waals surface area (Å²) in [7, 11) is 0. The average Bonchev–Trinajstić information content (AvgIpc) is 2.85. The largest absolute Gasteiger partial charge is 0.472 e. The third-order valence-corrected chi connectivity index (χ3v) is 5.02. The molecule has 2 nitrogen and oxygen atoms in total. The number of nitrogens with zero attached hydrogens (tertiary/aromatic N) is 2. The van der Waals surface area contributed by atoms with Gasteiger partial charge < -0.3 is 4.48 Å². The molecule has 0 spiro atoms. The molecule has 0 aliphatic carbocycles. The Hall–Kier alpha value is -0.925. The highest BCUT2D eigenvalue weighted by atomic mass is 35.5. The molecular weight excluding hydrogens is 314 g/mol. The van der Waals surface area contributed by atoms with Crippen molar-refractivity contribution in [3.63, 3.8) is 0 Å². The minimum absolute atomic E-state index is 0.590. The van der Waals surface area contributed by atoms with E-state index < -0.39 is 5.68 Å². The molecular formula is C17H23BCl2N2. The maximum atomic E-state index is 6.21. The molecule has 0 bridgehead atoms. The Morgan fingerprint density at radius 2 is 1.73 bits per heavy atom. The lowest BCUT2D eigenvalue weighted by molar-refractivity contribution is 1.05. The first-order chi connectivity index (χ1) is 10.3. The molecule has 2 rings (SSSR count). The van der Waals surface area contributed by atoms with Crippen LogP contribution in [0.3, 0.4) is 0 Å². The fraction of sp³-hybridized carbons (Fsp3) is 0.471. The van der Waals surface area contributed by atoms with Crippen molar-refractivity contribution in [1.82, 2.24) is 4.48 Å². The van der Waals surface area contributed by atoms with E-state index in [1.165, 1.54) is 22.3 Å². The van der Waals surface area contributed by atoms with Gasteiger partial charge in [0.05, 0.1) is 5.70 Å². The number of hydrogen-bond donors (Lipinski definition) is 0. The van der Waals surface area contributed by atoms with Crippen LogP contribution in [0.15, 0.2) is 21.8 Å². The molecule has 1 aromatic heterocycles. The van der Waals surface area contributed by atoms with Crippen molar-refractivity contribution in [2.75, 3.05) is 0 Å². The lowest BCUT2D eigenvalue weighted by Crippen LogP contribution is -2.14. The van der Waals surface area contributed by atoms with E-state index in [9.17, 15) is 0 Å². The zero-order valence-corrected chi connectivity index (χ0v) is 15.7. The van der Waals surface area contributed by atoms with E-state index in [4.69, 9.17) is 27.9 Å². The molecule has 0 atom stereocenters. The van der Waals surface area contributed by atoms with Crippen molar-refractivity contribution in [3.8, 4) is 0 Å². The molecule has 1 aliphatic rings. The Balaban J connectivity index is 2.65. The van der Waals surface area contributed by atoms with Gasteiger partial charge >= 0.3 is 5.68 Å². The van der Waals surface area contributed by atoms with Gasteiger partial charge in [0.1, 0.15) is 0 Å². The minimum atomic E-state index is -0.590. The number of aliphatic imine (C=N–C) groups is 1. The molecule has 0 saturated carbocycles. The molecule has 0 radical (unpaired) electrons. The summed E-state index contributed by atoms with van der Waals surface area (Å²) in [5, 5.41) is 0. The average molecular weight is 337 g/mol. The Kier molecular flexibility index (Phi) is 5.29. The summed E-state index contributed by atoms with van der Waals surface area (Å²) in [4.78, 5) is 4.73. The zero-order valence-electron chi connectivity index (χ0n) is 14.2. The molecule has 1 aliphatic heterocycles. The zero-order chi connectivity index (χ0) is 16.6. The third kappa shape index (κ3) is 2.81. The summed E-state index contributed by atoms with van der Waals surface area (Å²) in [6, 6.07) is 0. The smallest absolute Gasteiger partial charge is 0.361 e. The molecule has 0 N–H and O–H groups in total. The number of aromatic nitrogens is 1. The van der Waals surface area contributed by atoms with Crippen LogP contribution in [-0.4, -0.2) is 15.9 Å². The fourth-order valence-corrected chi connectivity index (χ4v) is 3.94. The summed E-state index contributed by atoms with van der Waals surface area (Å²) in [5.41, 5.74) is 8.89. The molecule has 0 saturated heterocycles. The number of halogens is 2. The highest BCUT2D eigenvalue weighted by Gasteiger charge is 2.23. The first-order valence-corrected chi connectivity index (χ1v) is 8.66. The molecule has 118 valence electrons. The van der Waals surface area contributed by atoms with Gasteiger partial charge in [-0.1, -0.05) is 13.8 Å². The lowest BCUT2D eigenvalue weighted by Gasteiger charge is -2.09. The van der Waals surface area contributed by atoms with Crippen molar-refractivity contribution >= 4 is 40.4 Å². The fourth-order valence-electron chi connectivity index (χ4n) is 3.43. The van der Waals surface area contributed by atoms with Crippen LogP contribution >= 0.6 is 22.9 Å². The van der Waals surface area contributed by atoms with Gasteiger partial charge in [-0.15, -0.1) is 22.9 Å². The Morgan fingerprint density at radius 3 is 2.18 bits per heavy atom. The highest BCUT2D eigenvalue weighted by molar-refractivity contribution is 7.33. The van der Waals surface area contributed by atoms with Gasteiger partial charge in [0.2, 0.25) is 0 Å². The number of rotatable bonds is 4. The summed E-state index contributed by atoms with van der Waals surface area (Å²) in [6.45, 7) is 12.8. The van der Waals surface area contributed by atoms with Crippen molar-refractivity contribution in [1.29, 1.82) is 0 Å². The van der Waals surface area contributed by atoms with Crippen LogP contribution in [0.25, 0.3) is 6.08 Å². The highest BCUT2D eigenvalue weighted by Crippen LogP contribution is 2.32. The quantitative estimate of drug-likeness (QED) is 0.644. The second kappa shape index (κ2) is 6.68. The summed E-state index contributed by atoms with van der Waals surface area (Å²) >= 11 is 12.4. The van der Waals surface area contributed by atoms with E-state index in [-0.39, 0.29) is 0 Å². The first kappa shape index (κ1) is 17.4. The van der Waals surface area contributed by atoms with Crippen LogP contribution in [-0.2, 0) is 6.42 Å². The molecule has 0 aromatic carbocycles.